The van der Waals surface area contributed by atoms with Gasteiger partial charge in [-0.05, 0) is 31.6 Å². The molecule has 1 saturated carbocycles. The molecule has 86 valence electrons. The Bertz CT molecular complexity index is 205. The van der Waals surface area contributed by atoms with E-state index in [1.54, 1.807) is 0 Å². The van der Waals surface area contributed by atoms with Gasteiger partial charge in [0.05, 0.1) is 12.5 Å². The van der Waals surface area contributed by atoms with Gasteiger partial charge in [-0.2, -0.15) is 0 Å². The van der Waals surface area contributed by atoms with E-state index >= 15 is 0 Å². The van der Waals surface area contributed by atoms with Gasteiger partial charge in [0.1, 0.15) is 0 Å². The molecule has 0 spiro atoms. The van der Waals surface area contributed by atoms with E-state index < -0.39 is 0 Å². The van der Waals surface area contributed by atoms with Gasteiger partial charge in [-0.3, -0.25) is 4.79 Å². The maximum Gasteiger partial charge on any atom is 0.309 e. The Morgan fingerprint density at radius 1 is 0.867 bits per heavy atom. The van der Waals surface area contributed by atoms with Crippen molar-refractivity contribution in [3.8, 4) is 0 Å². The fourth-order valence-electron chi connectivity index (χ4n) is 3.02. The molecule has 1 atom stereocenters. The van der Waals surface area contributed by atoms with Crippen LogP contribution in [0.1, 0.15) is 57.8 Å². The van der Waals surface area contributed by atoms with Gasteiger partial charge in [-0.15, -0.1) is 0 Å². The summed E-state index contributed by atoms with van der Waals surface area (Å²) in [7, 11) is 0. The first-order valence-corrected chi connectivity index (χ1v) is 6.54. The highest BCUT2D eigenvalue weighted by Gasteiger charge is 2.31. The molecule has 0 amide bonds. The minimum atomic E-state index is 0.0897. The lowest BCUT2D eigenvalue weighted by atomic mass is 9.79. The van der Waals surface area contributed by atoms with Crippen LogP contribution in [0.2, 0.25) is 0 Å². The topological polar surface area (TPSA) is 26.3 Å². The average molecular weight is 210 g/mol. The summed E-state index contributed by atoms with van der Waals surface area (Å²) in [6.45, 7) is 0.655. The summed E-state index contributed by atoms with van der Waals surface area (Å²) in [6, 6.07) is 0. The second-order valence-electron chi connectivity index (χ2n) is 5.02. The van der Waals surface area contributed by atoms with Crippen molar-refractivity contribution >= 4 is 5.97 Å². The number of esters is 1. The standard InChI is InChI=1S/C13H22O2/c14-13-12(9-6-10-15-13)11-7-4-2-1-3-5-8-11/h11-12H,1-10H2. The monoisotopic (exact) mass is 210 g/mol. The van der Waals surface area contributed by atoms with Gasteiger partial charge in [0, 0.05) is 0 Å². The third-order valence-corrected chi connectivity index (χ3v) is 3.93. The first-order valence-electron chi connectivity index (χ1n) is 6.54. The summed E-state index contributed by atoms with van der Waals surface area (Å²) in [5.74, 6) is 0.946. The molecule has 2 rings (SSSR count). The zero-order valence-electron chi connectivity index (χ0n) is 9.54. The van der Waals surface area contributed by atoms with Gasteiger partial charge >= 0.3 is 5.97 Å². The number of hydrogen-bond acceptors (Lipinski definition) is 2. The number of carbonyl (C=O) groups is 1. The van der Waals surface area contributed by atoms with E-state index in [1.807, 2.05) is 0 Å². The molecule has 0 N–H and O–H groups in total. The second-order valence-corrected chi connectivity index (χ2v) is 5.02. The van der Waals surface area contributed by atoms with Crippen LogP contribution in [0.25, 0.3) is 0 Å². The number of hydrogen-bond donors (Lipinski definition) is 0. The number of ether oxygens (including phenoxy) is 1. The van der Waals surface area contributed by atoms with Crippen LogP contribution < -0.4 is 0 Å². The molecule has 1 aliphatic carbocycles. The molecule has 1 saturated heterocycles. The Labute approximate surface area is 92.4 Å². The van der Waals surface area contributed by atoms with E-state index in [0.717, 1.165) is 12.8 Å². The fraction of sp³-hybridized carbons (Fsp3) is 0.923. The van der Waals surface area contributed by atoms with Crippen LogP contribution in [0.3, 0.4) is 0 Å². The van der Waals surface area contributed by atoms with Crippen molar-refractivity contribution in [2.45, 2.75) is 57.8 Å². The van der Waals surface area contributed by atoms with Gasteiger partial charge in [0.25, 0.3) is 0 Å². The Morgan fingerprint density at radius 3 is 2.20 bits per heavy atom. The number of rotatable bonds is 1. The maximum atomic E-state index is 11.7. The van der Waals surface area contributed by atoms with E-state index in [-0.39, 0.29) is 11.9 Å². The quantitative estimate of drug-likeness (QED) is 0.621. The lowest BCUT2D eigenvalue weighted by Crippen LogP contribution is -2.30. The normalized spacial score (nSPS) is 30.4. The van der Waals surface area contributed by atoms with Crippen LogP contribution in [-0.2, 0) is 9.53 Å². The van der Waals surface area contributed by atoms with E-state index in [4.69, 9.17) is 4.74 Å². The summed E-state index contributed by atoms with van der Waals surface area (Å²) >= 11 is 0. The first-order chi connectivity index (χ1) is 7.38. The van der Waals surface area contributed by atoms with Crippen LogP contribution >= 0.6 is 0 Å². The Balaban J connectivity index is 1.90. The smallest absolute Gasteiger partial charge is 0.309 e. The SMILES string of the molecule is O=C1OCCCC1C1CCCCCCC1. The lowest BCUT2D eigenvalue weighted by molar-refractivity contribution is -0.155. The van der Waals surface area contributed by atoms with Crippen molar-refractivity contribution in [1.29, 1.82) is 0 Å². The van der Waals surface area contributed by atoms with E-state index in [1.165, 1.54) is 44.9 Å². The molecule has 2 aliphatic rings. The average Bonchev–Trinajstić information content (AvgIpc) is 2.19. The third-order valence-electron chi connectivity index (χ3n) is 3.93. The van der Waals surface area contributed by atoms with Crippen molar-refractivity contribution in [2.75, 3.05) is 6.61 Å². The highest BCUT2D eigenvalue weighted by molar-refractivity contribution is 5.73. The van der Waals surface area contributed by atoms with Crippen molar-refractivity contribution in [3.05, 3.63) is 0 Å². The molecule has 0 aromatic heterocycles. The van der Waals surface area contributed by atoms with Crippen LogP contribution in [0.4, 0.5) is 0 Å². The molecule has 2 nitrogen and oxygen atoms in total. The molecule has 0 aromatic rings. The number of cyclic esters (lactones) is 1. The Morgan fingerprint density at radius 2 is 1.53 bits per heavy atom. The van der Waals surface area contributed by atoms with Crippen LogP contribution in [0.15, 0.2) is 0 Å². The van der Waals surface area contributed by atoms with E-state index in [0.29, 0.717) is 12.5 Å². The molecule has 0 radical (unpaired) electrons. The van der Waals surface area contributed by atoms with Crippen LogP contribution in [0, 0.1) is 11.8 Å². The Kier molecular flexibility index (Phi) is 4.04. The molecule has 2 fully saturated rings. The summed E-state index contributed by atoms with van der Waals surface area (Å²) in [5.41, 5.74) is 0. The van der Waals surface area contributed by atoms with Gasteiger partial charge in [-0.25, -0.2) is 0 Å². The summed E-state index contributed by atoms with van der Waals surface area (Å²) in [5, 5.41) is 0. The van der Waals surface area contributed by atoms with Crippen molar-refractivity contribution < 1.29 is 9.53 Å². The van der Waals surface area contributed by atoms with Crippen molar-refractivity contribution in [3.63, 3.8) is 0 Å². The zero-order valence-corrected chi connectivity index (χ0v) is 9.54. The largest absolute Gasteiger partial charge is 0.465 e. The third kappa shape index (κ3) is 2.96. The molecule has 1 heterocycles. The highest BCUT2D eigenvalue weighted by atomic mass is 16.5. The van der Waals surface area contributed by atoms with Gasteiger partial charge in [-0.1, -0.05) is 32.1 Å². The predicted octanol–water partition coefficient (Wildman–Crippen LogP) is 3.30. The summed E-state index contributed by atoms with van der Waals surface area (Å²) in [6.07, 6.45) is 11.4. The van der Waals surface area contributed by atoms with Crippen molar-refractivity contribution in [2.24, 2.45) is 11.8 Å². The fourth-order valence-corrected chi connectivity index (χ4v) is 3.02. The molecule has 1 unspecified atom stereocenters. The molecule has 0 aromatic carbocycles. The molecule has 1 aliphatic heterocycles. The van der Waals surface area contributed by atoms with Crippen LogP contribution in [-0.4, -0.2) is 12.6 Å². The Hall–Kier alpha value is -0.530. The molecule has 15 heavy (non-hydrogen) atoms. The lowest BCUT2D eigenvalue weighted by Gasteiger charge is -2.30. The molecular weight excluding hydrogens is 188 g/mol. The maximum absolute atomic E-state index is 11.7. The molecule has 2 heteroatoms. The summed E-state index contributed by atoms with van der Waals surface area (Å²) < 4.78 is 5.18. The first kappa shape index (κ1) is 11.0. The van der Waals surface area contributed by atoms with Gasteiger partial charge in [0.15, 0.2) is 0 Å². The second kappa shape index (κ2) is 5.53. The minimum absolute atomic E-state index is 0.0897. The number of carbonyl (C=O) groups excluding carboxylic acids is 1. The van der Waals surface area contributed by atoms with Crippen LogP contribution in [0.5, 0.6) is 0 Å². The van der Waals surface area contributed by atoms with E-state index in [2.05, 4.69) is 0 Å². The molecule has 0 bridgehead atoms. The zero-order chi connectivity index (χ0) is 10.5. The summed E-state index contributed by atoms with van der Waals surface area (Å²) in [4.78, 5) is 11.7. The van der Waals surface area contributed by atoms with Gasteiger partial charge in [0.2, 0.25) is 0 Å². The highest BCUT2D eigenvalue weighted by Crippen LogP contribution is 2.33. The minimum Gasteiger partial charge on any atom is -0.465 e. The predicted molar refractivity (Wildman–Crippen MR) is 59.5 cm³/mol. The van der Waals surface area contributed by atoms with E-state index in [9.17, 15) is 4.79 Å². The molecular formula is C13H22O2. The van der Waals surface area contributed by atoms with Crippen molar-refractivity contribution in [1.82, 2.24) is 0 Å². The van der Waals surface area contributed by atoms with Gasteiger partial charge < -0.3 is 4.74 Å².